The standard InChI is InChI=1S/C22H26FN3O4S/c23-18-6-8-19(9-7-18)31(29,30)15-11-21(27)26-14-13-25(16-20(26)22(24)28)12-10-17-4-2-1-3-5-17/h1-9,20H,10-16H2,(H2,24,28)/t20-/m0/s1. The van der Waals surface area contributed by atoms with Crippen LogP contribution < -0.4 is 5.73 Å². The molecule has 1 fully saturated rings. The molecule has 1 heterocycles. The number of benzene rings is 2. The van der Waals surface area contributed by atoms with Crippen molar-refractivity contribution in [2.75, 3.05) is 31.9 Å². The zero-order valence-electron chi connectivity index (χ0n) is 17.1. The lowest BCUT2D eigenvalue weighted by Crippen LogP contribution is -2.60. The van der Waals surface area contributed by atoms with Gasteiger partial charge in [-0.25, -0.2) is 12.8 Å². The molecule has 9 heteroatoms. The monoisotopic (exact) mass is 447 g/mol. The fraction of sp³-hybridized carbons (Fsp3) is 0.364. The van der Waals surface area contributed by atoms with Crippen molar-refractivity contribution in [2.24, 2.45) is 5.73 Å². The van der Waals surface area contributed by atoms with Crippen LogP contribution in [0.25, 0.3) is 0 Å². The van der Waals surface area contributed by atoms with Gasteiger partial charge in [-0.2, -0.15) is 0 Å². The fourth-order valence-corrected chi connectivity index (χ4v) is 4.87. The Balaban J connectivity index is 1.57. The summed E-state index contributed by atoms with van der Waals surface area (Å²) in [5, 5.41) is 0. The molecule has 2 amide bonds. The molecule has 1 aliphatic heterocycles. The Morgan fingerprint density at radius 3 is 2.35 bits per heavy atom. The van der Waals surface area contributed by atoms with Crippen molar-refractivity contribution in [1.29, 1.82) is 0 Å². The number of sulfone groups is 1. The van der Waals surface area contributed by atoms with E-state index in [9.17, 15) is 22.4 Å². The number of rotatable bonds is 8. The number of nitrogens with two attached hydrogens (primary N) is 1. The Morgan fingerprint density at radius 2 is 1.71 bits per heavy atom. The maximum atomic E-state index is 13.0. The first-order chi connectivity index (χ1) is 14.8. The summed E-state index contributed by atoms with van der Waals surface area (Å²) >= 11 is 0. The fourth-order valence-electron chi connectivity index (χ4n) is 3.64. The molecule has 0 spiro atoms. The Hall–Kier alpha value is -2.78. The van der Waals surface area contributed by atoms with Crippen LogP contribution in [0.5, 0.6) is 0 Å². The number of halogens is 1. The second-order valence-electron chi connectivity index (χ2n) is 7.56. The van der Waals surface area contributed by atoms with Gasteiger partial charge in [0.2, 0.25) is 11.8 Å². The van der Waals surface area contributed by atoms with Crippen LogP contribution in [0.2, 0.25) is 0 Å². The molecule has 166 valence electrons. The lowest BCUT2D eigenvalue weighted by atomic mass is 10.1. The SMILES string of the molecule is NC(=O)[C@@H]1CN(CCc2ccccc2)CCN1C(=O)CCS(=O)(=O)c1ccc(F)cc1. The zero-order valence-corrected chi connectivity index (χ0v) is 17.9. The molecular weight excluding hydrogens is 421 g/mol. The molecule has 2 aromatic carbocycles. The van der Waals surface area contributed by atoms with Gasteiger partial charge in [0.25, 0.3) is 0 Å². The van der Waals surface area contributed by atoms with Crippen molar-refractivity contribution in [3.05, 3.63) is 66.0 Å². The van der Waals surface area contributed by atoms with Crippen LogP contribution in [0.3, 0.4) is 0 Å². The van der Waals surface area contributed by atoms with E-state index in [0.717, 1.165) is 25.1 Å². The quantitative estimate of drug-likeness (QED) is 0.614. The third-order valence-electron chi connectivity index (χ3n) is 5.43. The molecule has 0 unspecified atom stereocenters. The van der Waals surface area contributed by atoms with Gasteiger partial charge in [-0.1, -0.05) is 30.3 Å². The number of nitrogens with zero attached hydrogens (tertiary/aromatic N) is 2. The number of primary amides is 1. The summed E-state index contributed by atoms with van der Waals surface area (Å²) in [7, 11) is -3.74. The van der Waals surface area contributed by atoms with Gasteiger partial charge in [0.05, 0.1) is 10.6 Å². The van der Waals surface area contributed by atoms with Crippen LogP contribution in [-0.2, 0) is 25.8 Å². The van der Waals surface area contributed by atoms with E-state index in [0.29, 0.717) is 19.6 Å². The van der Waals surface area contributed by atoms with Gasteiger partial charge in [-0.15, -0.1) is 0 Å². The van der Waals surface area contributed by atoms with Crippen LogP contribution in [-0.4, -0.2) is 68.0 Å². The molecule has 0 saturated carbocycles. The number of carbonyl (C=O) groups excluding carboxylic acids is 2. The second-order valence-corrected chi connectivity index (χ2v) is 9.67. The summed E-state index contributed by atoms with van der Waals surface area (Å²) in [6, 6.07) is 13.6. The van der Waals surface area contributed by atoms with Gasteiger partial charge in [0.15, 0.2) is 9.84 Å². The minimum Gasteiger partial charge on any atom is -0.368 e. The van der Waals surface area contributed by atoms with Crippen LogP contribution in [0.1, 0.15) is 12.0 Å². The Labute approximate surface area is 181 Å². The zero-order chi connectivity index (χ0) is 22.4. The highest BCUT2D eigenvalue weighted by atomic mass is 32.2. The van der Waals surface area contributed by atoms with Gasteiger partial charge in [-0.05, 0) is 36.2 Å². The average Bonchev–Trinajstić information content (AvgIpc) is 2.77. The number of amides is 2. The highest BCUT2D eigenvalue weighted by Gasteiger charge is 2.34. The van der Waals surface area contributed by atoms with Crippen molar-refractivity contribution in [2.45, 2.75) is 23.8 Å². The van der Waals surface area contributed by atoms with Gasteiger partial charge >= 0.3 is 0 Å². The molecule has 0 radical (unpaired) electrons. The Morgan fingerprint density at radius 1 is 1.03 bits per heavy atom. The van der Waals surface area contributed by atoms with E-state index in [-0.39, 0.29) is 11.3 Å². The highest BCUT2D eigenvalue weighted by molar-refractivity contribution is 7.91. The summed E-state index contributed by atoms with van der Waals surface area (Å²) in [5.74, 6) is -2.00. The summed E-state index contributed by atoms with van der Waals surface area (Å²) < 4.78 is 37.9. The van der Waals surface area contributed by atoms with Crippen LogP contribution in [0.15, 0.2) is 59.5 Å². The third kappa shape index (κ3) is 6.11. The largest absolute Gasteiger partial charge is 0.368 e. The van der Waals surface area contributed by atoms with Gasteiger partial charge < -0.3 is 10.6 Å². The number of carbonyl (C=O) groups is 2. The predicted molar refractivity (Wildman–Crippen MR) is 114 cm³/mol. The van der Waals surface area contributed by atoms with Crippen molar-refractivity contribution < 1.29 is 22.4 Å². The maximum Gasteiger partial charge on any atom is 0.241 e. The van der Waals surface area contributed by atoms with Gasteiger partial charge in [0, 0.05) is 32.6 Å². The van der Waals surface area contributed by atoms with Gasteiger partial charge in [-0.3, -0.25) is 14.5 Å². The first kappa shape index (κ1) is 22.9. The maximum absolute atomic E-state index is 13.0. The van der Waals surface area contributed by atoms with E-state index in [2.05, 4.69) is 4.90 Å². The van der Waals surface area contributed by atoms with Crippen molar-refractivity contribution in [3.63, 3.8) is 0 Å². The molecule has 0 aliphatic carbocycles. The average molecular weight is 448 g/mol. The number of piperazine rings is 1. The molecule has 1 saturated heterocycles. The topological polar surface area (TPSA) is 101 Å². The molecule has 0 bridgehead atoms. The first-order valence-electron chi connectivity index (χ1n) is 10.1. The van der Waals surface area contributed by atoms with Crippen molar-refractivity contribution >= 4 is 21.7 Å². The minimum absolute atomic E-state index is 0.0427. The lowest BCUT2D eigenvalue weighted by Gasteiger charge is -2.40. The van der Waals surface area contributed by atoms with E-state index in [1.165, 1.54) is 22.6 Å². The van der Waals surface area contributed by atoms with Crippen LogP contribution >= 0.6 is 0 Å². The van der Waals surface area contributed by atoms with Gasteiger partial charge in [0.1, 0.15) is 11.9 Å². The third-order valence-corrected chi connectivity index (χ3v) is 7.16. The molecule has 0 aromatic heterocycles. The van der Waals surface area contributed by atoms with E-state index in [1.54, 1.807) is 0 Å². The molecule has 1 aliphatic rings. The first-order valence-corrected chi connectivity index (χ1v) is 11.7. The van der Waals surface area contributed by atoms with E-state index in [4.69, 9.17) is 5.73 Å². The Kier molecular flexibility index (Phi) is 7.40. The number of hydrogen-bond acceptors (Lipinski definition) is 5. The normalized spacial score (nSPS) is 17.5. The Bertz CT molecular complexity index is 1010. The molecule has 2 N–H and O–H groups in total. The van der Waals surface area contributed by atoms with Crippen LogP contribution in [0, 0.1) is 5.82 Å². The summed E-state index contributed by atoms with van der Waals surface area (Å²) in [6.07, 6.45) is 0.545. The molecule has 3 rings (SSSR count). The smallest absolute Gasteiger partial charge is 0.241 e. The lowest BCUT2D eigenvalue weighted by molar-refractivity contribution is -0.142. The van der Waals surface area contributed by atoms with Crippen molar-refractivity contribution in [1.82, 2.24) is 9.80 Å². The molecule has 7 nitrogen and oxygen atoms in total. The predicted octanol–water partition coefficient (Wildman–Crippen LogP) is 1.23. The molecule has 2 aromatic rings. The summed E-state index contributed by atoms with van der Waals surface area (Å²) in [5.41, 5.74) is 6.72. The molecule has 31 heavy (non-hydrogen) atoms. The highest BCUT2D eigenvalue weighted by Crippen LogP contribution is 2.16. The molecular formula is C22H26FN3O4S. The van der Waals surface area contributed by atoms with E-state index >= 15 is 0 Å². The summed E-state index contributed by atoms with van der Waals surface area (Å²) in [6.45, 7) is 1.93. The van der Waals surface area contributed by atoms with Crippen LogP contribution in [0.4, 0.5) is 4.39 Å². The van der Waals surface area contributed by atoms with E-state index < -0.39 is 39.3 Å². The minimum atomic E-state index is -3.74. The van der Waals surface area contributed by atoms with Crippen molar-refractivity contribution in [3.8, 4) is 0 Å². The number of hydrogen-bond donors (Lipinski definition) is 1. The summed E-state index contributed by atoms with van der Waals surface area (Å²) in [4.78, 5) is 28.1. The van der Waals surface area contributed by atoms with E-state index in [1.807, 2.05) is 30.3 Å². The second kappa shape index (κ2) is 10.0. The molecule has 1 atom stereocenters.